The monoisotopic (exact) mass is 325 g/mol. The predicted octanol–water partition coefficient (Wildman–Crippen LogP) is 1.80. The lowest BCUT2D eigenvalue weighted by Gasteiger charge is -2.18. The van der Waals surface area contributed by atoms with Crippen molar-refractivity contribution in [1.82, 2.24) is 9.88 Å². The molecule has 0 radical (unpaired) electrons. The van der Waals surface area contributed by atoms with Crippen molar-refractivity contribution in [3.8, 4) is 0 Å². The van der Waals surface area contributed by atoms with E-state index in [-0.39, 0.29) is 17.4 Å². The molecular weight excluding hydrogens is 306 g/mol. The first-order valence-corrected chi connectivity index (χ1v) is 7.36. The molecule has 2 aromatic rings. The van der Waals surface area contributed by atoms with Gasteiger partial charge in [0, 0.05) is 37.1 Å². The van der Waals surface area contributed by atoms with Gasteiger partial charge in [-0.25, -0.2) is 0 Å². The molecule has 1 aromatic carbocycles. The molecule has 1 heterocycles. The largest absolute Gasteiger partial charge is 0.336 e. The summed E-state index contributed by atoms with van der Waals surface area (Å²) in [6.07, 6.45) is 1.23. The summed E-state index contributed by atoms with van der Waals surface area (Å²) in [4.78, 5) is 41.0. The number of nitrogens with zero attached hydrogens (tertiary/aromatic N) is 2. The predicted molar refractivity (Wildman–Crippen MR) is 92.9 cm³/mol. The Labute approximate surface area is 140 Å². The van der Waals surface area contributed by atoms with E-state index in [2.05, 4.69) is 11.6 Å². The number of aromatic nitrogens is 1. The van der Waals surface area contributed by atoms with Gasteiger partial charge in [-0.15, -0.1) is 0 Å². The van der Waals surface area contributed by atoms with Crippen molar-refractivity contribution in [3.05, 3.63) is 76.7 Å². The van der Waals surface area contributed by atoms with Crippen molar-refractivity contribution in [2.24, 2.45) is 0 Å². The summed E-state index contributed by atoms with van der Waals surface area (Å²) < 4.78 is 0. The van der Waals surface area contributed by atoms with Crippen molar-refractivity contribution < 1.29 is 9.59 Å². The third-order valence-corrected chi connectivity index (χ3v) is 3.59. The SMILES string of the molecule is C=CC(=O)N(C)c1ccc(C(=O)N(C)Cc2cccc(=O)[nH]2)cc1. The van der Waals surface area contributed by atoms with Crippen LogP contribution in [0.3, 0.4) is 0 Å². The molecule has 0 bridgehead atoms. The molecule has 0 saturated heterocycles. The Morgan fingerprint density at radius 1 is 1.12 bits per heavy atom. The molecule has 6 nitrogen and oxygen atoms in total. The van der Waals surface area contributed by atoms with E-state index in [1.165, 1.54) is 21.9 Å². The first-order valence-electron chi connectivity index (χ1n) is 7.36. The number of hydrogen-bond acceptors (Lipinski definition) is 3. The number of pyridine rings is 1. The summed E-state index contributed by atoms with van der Waals surface area (Å²) in [5.41, 5.74) is 1.63. The van der Waals surface area contributed by atoms with Gasteiger partial charge in [-0.1, -0.05) is 12.6 Å². The molecule has 0 aliphatic heterocycles. The summed E-state index contributed by atoms with van der Waals surface area (Å²) in [6.45, 7) is 3.74. The molecule has 0 saturated carbocycles. The van der Waals surface area contributed by atoms with E-state index in [1.54, 1.807) is 50.5 Å². The Morgan fingerprint density at radius 3 is 2.38 bits per heavy atom. The van der Waals surface area contributed by atoms with Crippen molar-refractivity contribution in [2.45, 2.75) is 6.54 Å². The number of carbonyl (C=O) groups excluding carboxylic acids is 2. The molecule has 0 unspecified atom stereocenters. The van der Waals surface area contributed by atoms with Crippen LogP contribution < -0.4 is 10.5 Å². The van der Waals surface area contributed by atoms with Crippen molar-refractivity contribution in [3.63, 3.8) is 0 Å². The normalized spacial score (nSPS) is 10.1. The Hall–Kier alpha value is -3.15. The number of nitrogens with one attached hydrogen (secondary N) is 1. The van der Waals surface area contributed by atoms with E-state index >= 15 is 0 Å². The molecule has 0 fully saturated rings. The molecule has 0 atom stereocenters. The third-order valence-electron chi connectivity index (χ3n) is 3.59. The van der Waals surface area contributed by atoms with Gasteiger partial charge in [-0.3, -0.25) is 14.4 Å². The lowest BCUT2D eigenvalue weighted by molar-refractivity contribution is -0.113. The van der Waals surface area contributed by atoms with Crippen LogP contribution in [0.5, 0.6) is 0 Å². The fourth-order valence-electron chi connectivity index (χ4n) is 2.22. The molecular formula is C18H19N3O3. The maximum Gasteiger partial charge on any atom is 0.253 e. The topological polar surface area (TPSA) is 73.5 Å². The molecule has 0 aliphatic rings. The van der Waals surface area contributed by atoms with Crippen LogP contribution in [0, 0.1) is 0 Å². The highest BCUT2D eigenvalue weighted by Gasteiger charge is 2.13. The van der Waals surface area contributed by atoms with E-state index in [4.69, 9.17) is 0 Å². The van der Waals surface area contributed by atoms with E-state index in [0.717, 1.165) is 0 Å². The van der Waals surface area contributed by atoms with Crippen LogP contribution in [0.15, 0.2) is 59.9 Å². The van der Waals surface area contributed by atoms with Gasteiger partial charge in [0.25, 0.3) is 5.91 Å². The summed E-state index contributed by atoms with van der Waals surface area (Å²) in [6, 6.07) is 11.5. The Balaban J connectivity index is 2.10. The van der Waals surface area contributed by atoms with E-state index in [1.807, 2.05) is 0 Å². The van der Waals surface area contributed by atoms with E-state index < -0.39 is 0 Å². The first-order chi connectivity index (χ1) is 11.4. The number of benzene rings is 1. The van der Waals surface area contributed by atoms with Crippen molar-refractivity contribution in [1.29, 1.82) is 0 Å². The van der Waals surface area contributed by atoms with Crippen LogP contribution in [0.25, 0.3) is 0 Å². The molecule has 124 valence electrons. The molecule has 0 spiro atoms. The Kier molecular flexibility index (Phi) is 5.31. The Morgan fingerprint density at radius 2 is 1.79 bits per heavy atom. The zero-order valence-electron chi connectivity index (χ0n) is 13.7. The second kappa shape index (κ2) is 7.41. The standard InChI is InChI=1S/C18H19N3O3/c1-4-17(23)21(3)15-10-8-13(9-11-15)18(24)20(2)12-14-6-5-7-16(22)19-14/h4-11H,1,12H2,2-3H3,(H,19,22). The van der Waals surface area contributed by atoms with Crippen LogP contribution in [-0.2, 0) is 11.3 Å². The van der Waals surface area contributed by atoms with Crippen LogP contribution >= 0.6 is 0 Å². The number of aromatic amines is 1. The number of carbonyl (C=O) groups is 2. The highest BCUT2D eigenvalue weighted by molar-refractivity contribution is 6.01. The minimum atomic E-state index is -0.223. The molecule has 1 aromatic heterocycles. The number of H-pyrrole nitrogens is 1. The molecule has 24 heavy (non-hydrogen) atoms. The average molecular weight is 325 g/mol. The summed E-state index contributed by atoms with van der Waals surface area (Å²) >= 11 is 0. The van der Waals surface area contributed by atoms with Gasteiger partial charge in [-0.05, 0) is 36.4 Å². The molecule has 2 rings (SSSR count). The molecule has 2 amide bonds. The van der Waals surface area contributed by atoms with Crippen LogP contribution in [0.2, 0.25) is 0 Å². The highest BCUT2D eigenvalue weighted by Crippen LogP contribution is 2.15. The molecule has 6 heteroatoms. The lowest BCUT2D eigenvalue weighted by atomic mass is 10.1. The van der Waals surface area contributed by atoms with E-state index in [0.29, 0.717) is 23.5 Å². The first kappa shape index (κ1) is 17.2. The van der Waals surface area contributed by atoms with Gasteiger partial charge in [-0.2, -0.15) is 0 Å². The van der Waals surface area contributed by atoms with Crippen LogP contribution in [0.4, 0.5) is 5.69 Å². The number of anilines is 1. The van der Waals surface area contributed by atoms with E-state index in [9.17, 15) is 14.4 Å². The van der Waals surface area contributed by atoms with Gasteiger partial charge >= 0.3 is 0 Å². The number of hydrogen-bond donors (Lipinski definition) is 1. The summed E-state index contributed by atoms with van der Waals surface area (Å²) in [5, 5.41) is 0. The lowest BCUT2D eigenvalue weighted by Crippen LogP contribution is -2.27. The minimum Gasteiger partial charge on any atom is -0.336 e. The number of likely N-dealkylation sites (N-methyl/N-ethyl adjacent to an activating group) is 1. The second-order valence-corrected chi connectivity index (χ2v) is 5.35. The highest BCUT2D eigenvalue weighted by atomic mass is 16.2. The van der Waals surface area contributed by atoms with Gasteiger partial charge in [0.05, 0.1) is 6.54 Å². The van der Waals surface area contributed by atoms with Gasteiger partial charge in [0.1, 0.15) is 0 Å². The zero-order chi connectivity index (χ0) is 17.7. The smallest absolute Gasteiger partial charge is 0.253 e. The Bertz CT molecular complexity index is 809. The summed E-state index contributed by atoms with van der Waals surface area (Å²) in [7, 11) is 3.30. The van der Waals surface area contributed by atoms with Crippen molar-refractivity contribution in [2.75, 3.05) is 19.0 Å². The van der Waals surface area contributed by atoms with Gasteiger partial charge in [0.2, 0.25) is 11.5 Å². The average Bonchev–Trinajstić information content (AvgIpc) is 2.59. The summed E-state index contributed by atoms with van der Waals surface area (Å²) in [5.74, 6) is -0.400. The van der Waals surface area contributed by atoms with Gasteiger partial charge in [0.15, 0.2) is 0 Å². The number of amides is 2. The fourth-order valence-corrected chi connectivity index (χ4v) is 2.22. The fraction of sp³-hybridized carbons (Fsp3) is 0.167. The minimum absolute atomic E-state index is 0.177. The third kappa shape index (κ3) is 3.98. The second-order valence-electron chi connectivity index (χ2n) is 5.35. The van der Waals surface area contributed by atoms with Crippen LogP contribution in [0.1, 0.15) is 16.1 Å². The van der Waals surface area contributed by atoms with Gasteiger partial charge < -0.3 is 14.8 Å². The maximum atomic E-state index is 12.4. The molecule has 0 aliphatic carbocycles. The number of rotatable bonds is 5. The van der Waals surface area contributed by atoms with Crippen LogP contribution in [-0.4, -0.2) is 35.8 Å². The quantitative estimate of drug-likeness (QED) is 0.852. The zero-order valence-corrected chi connectivity index (χ0v) is 13.7. The maximum absolute atomic E-state index is 12.4. The molecule has 1 N–H and O–H groups in total. The van der Waals surface area contributed by atoms with Crippen molar-refractivity contribution >= 4 is 17.5 Å².